The van der Waals surface area contributed by atoms with E-state index in [1.807, 2.05) is 27.7 Å². The van der Waals surface area contributed by atoms with Gasteiger partial charge in [-0.2, -0.15) is 5.06 Å². The molecule has 1 rings (SSSR count). The van der Waals surface area contributed by atoms with Crippen LogP contribution in [0.2, 0.25) is 0 Å². The van der Waals surface area contributed by atoms with Crippen molar-refractivity contribution in [3.63, 3.8) is 0 Å². The molecule has 1 saturated heterocycles. The van der Waals surface area contributed by atoms with Crippen molar-refractivity contribution in [2.45, 2.75) is 89.5 Å². The number of amides is 1. The quantitative estimate of drug-likeness (QED) is 0.348. The highest BCUT2D eigenvalue weighted by Gasteiger charge is 2.46. The molecule has 1 heterocycles. The van der Waals surface area contributed by atoms with Gasteiger partial charge in [0.25, 0.3) is 0 Å². The number of piperidine rings is 1. The predicted molar refractivity (Wildman–Crippen MR) is 93.7 cm³/mol. The Morgan fingerprint density at radius 2 is 1.80 bits per heavy atom. The van der Waals surface area contributed by atoms with E-state index in [0.717, 1.165) is 6.08 Å². The summed E-state index contributed by atoms with van der Waals surface area (Å²) in [5.41, 5.74) is 4.04. The van der Waals surface area contributed by atoms with Crippen LogP contribution in [0.25, 0.3) is 0 Å². The normalized spacial score (nSPS) is 22.0. The molecule has 1 aliphatic rings. The second-order valence-corrected chi connectivity index (χ2v) is 8.03. The standard InChI is InChI=1S/C18H32N2O5/c1-17(2)11-14(12-18(3,4)20(17)24)25-16(23)8-6-5-7-13(21)9-10-15(19)22/h9-10,13-14,21,24H,5-8,11-12H2,1-4H3,(H2,19,22)/b10-9+. The zero-order valence-corrected chi connectivity index (χ0v) is 15.7. The molecule has 7 nitrogen and oxygen atoms in total. The molecule has 1 amide bonds. The van der Waals surface area contributed by atoms with Crippen LogP contribution in [0.5, 0.6) is 0 Å². The molecule has 25 heavy (non-hydrogen) atoms. The lowest BCUT2D eigenvalue weighted by molar-refractivity contribution is -0.259. The maximum atomic E-state index is 12.0. The Morgan fingerprint density at radius 3 is 2.32 bits per heavy atom. The lowest BCUT2D eigenvalue weighted by atomic mass is 9.80. The summed E-state index contributed by atoms with van der Waals surface area (Å²) in [4.78, 5) is 22.6. The highest BCUT2D eigenvalue weighted by atomic mass is 16.5. The van der Waals surface area contributed by atoms with E-state index in [2.05, 4.69) is 0 Å². The number of unbranched alkanes of at least 4 members (excludes halogenated alkanes) is 1. The average Bonchev–Trinajstić information content (AvgIpc) is 2.46. The van der Waals surface area contributed by atoms with E-state index in [0.29, 0.717) is 32.1 Å². The van der Waals surface area contributed by atoms with E-state index in [1.165, 1.54) is 11.1 Å². The van der Waals surface area contributed by atoms with Crippen LogP contribution in [0, 0.1) is 0 Å². The molecular formula is C18H32N2O5. The van der Waals surface area contributed by atoms with E-state index in [9.17, 15) is 19.9 Å². The molecule has 7 heteroatoms. The van der Waals surface area contributed by atoms with Crippen LogP contribution in [0.1, 0.15) is 66.2 Å². The molecule has 0 aromatic heterocycles. The summed E-state index contributed by atoms with van der Waals surface area (Å²) in [6.07, 6.45) is 4.68. The summed E-state index contributed by atoms with van der Waals surface area (Å²) in [5.74, 6) is -0.854. The highest BCUT2D eigenvalue weighted by molar-refractivity contribution is 5.85. The van der Waals surface area contributed by atoms with Crippen molar-refractivity contribution >= 4 is 11.9 Å². The summed E-state index contributed by atoms with van der Waals surface area (Å²) < 4.78 is 5.58. The van der Waals surface area contributed by atoms with Crippen LogP contribution in [-0.4, -0.2) is 50.5 Å². The number of primary amides is 1. The first-order chi connectivity index (χ1) is 11.4. The summed E-state index contributed by atoms with van der Waals surface area (Å²) >= 11 is 0. The van der Waals surface area contributed by atoms with Gasteiger partial charge in [0, 0.05) is 36.4 Å². The third-order valence-electron chi connectivity index (χ3n) is 4.51. The van der Waals surface area contributed by atoms with Crippen LogP contribution in [-0.2, 0) is 14.3 Å². The molecule has 0 bridgehead atoms. The lowest BCUT2D eigenvalue weighted by Crippen LogP contribution is -2.60. The van der Waals surface area contributed by atoms with Crippen molar-refractivity contribution in [2.24, 2.45) is 5.73 Å². The summed E-state index contributed by atoms with van der Waals surface area (Å²) in [6, 6.07) is 0. The van der Waals surface area contributed by atoms with Crippen molar-refractivity contribution in [1.82, 2.24) is 5.06 Å². The Kier molecular flexibility index (Phi) is 7.59. The van der Waals surface area contributed by atoms with E-state index in [4.69, 9.17) is 10.5 Å². The van der Waals surface area contributed by atoms with Gasteiger partial charge in [0.1, 0.15) is 6.10 Å². The third kappa shape index (κ3) is 7.13. The van der Waals surface area contributed by atoms with Gasteiger partial charge in [0.15, 0.2) is 0 Å². The van der Waals surface area contributed by atoms with Crippen molar-refractivity contribution in [2.75, 3.05) is 0 Å². The molecule has 1 aliphatic heterocycles. The molecular weight excluding hydrogens is 324 g/mol. The van der Waals surface area contributed by atoms with E-state index < -0.39 is 23.1 Å². The van der Waals surface area contributed by atoms with Crippen LogP contribution in [0.4, 0.5) is 0 Å². The molecule has 0 aromatic carbocycles. The SMILES string of the molecule is CC1(C)CC(OC(=O)CCCCC(O)/C=C/C(N)=O)CC(C)(C)N1O. The van der Waals surface area contributed by atoms with Crippen LogP contribution in [0.3, 0.4) is 0 Å². The first-order valence-corrected chi connectivity index (χ1v) is 8.78. The number of esters is 1. The molecule has 0 radical (unpaired) electrons. The molecule has 1 atom stereocenters. The molecule has 0 saturated carbocycles. The van der Waals surface area contributed by atoms with Gasteiger partial charge in [-0.1, -0.05) is 6.08 Å². The molecule has 0 spiro atoms. The van der Waals surface area contributed by atoms with E-state index in [1.54, 1.807) is 0 Å². The van der Waals surface area contributed by atoms with Gasteiger partial charge in [-0.15, -0.1) is 0 Å². The Hall–Kier alpha value is -1.44. The molecule has 1 unspecified atom stereocenters. The number of ether oxygens (including phenoxy) is 1. The number of hydroxylamine groups is 2. The molecule has 0 aromatic rings. The number of carbonyl (C=O) groups excluding carboxylic acids is 2. The third-order valence-corrected chi connectivity index (χ3v) is 4.51. The lowest BCUT2D eigenvalue weighted by Gasteiger charge is -2.50. The Morgan fingerprint density at radius 1 is 1.24 bits per heavy atom. The van der Waals surface area contributed by atoms with Gasteiger partial charge in [-0.25, -0.2) is 0 Å². The minimum absolute atomic E-state index is 0.218. The monoisotopic (exact) mass is 356 g/mol. The Labute approximate surface area is 149 Å². The second-order valence-electron chi connectivity index (χ2n) is 8.03. The van der Waals surface area contributed by atoms with Crippen molar-refractivity contribution in [1.29, 1.82) is 0 Å². The zero-order valence-electron chi connectivity index (χ0n) is 15.7. The van der Waals surface area contributed by atoms with E-state index in [-0.39, 0.29) is 18.5 Å². The number of nitrogens with zero attached hydrogens (tertiary/aromatic N) is 1. The average molecular weight is 356 g/mol. The Bertz CT molecular complexity index is 484. The number of hydrogen-bond donors (Lipinski definition) is 3. The number of carbonyl (C=O) groups is 2. The highest BCUT2D eigenvalue weighted by Crippen LogP contribution is 2.38. The van der Waals surface area contributed by atoms with E-state index >= 15 is 0 Å². The minimum Gasteiger partial charge on any atom is -0.462 e. The fraction of sp³-hybridized carbons (Fsp3) is 0.778. The van der Waals surface area contributed by atoms with Gasteiger partial charge in [0.05, 0.1) is 6.10 Å². The maximum Gasteiger partial charge on any atom is 0.306 e. The fourth-order valence-corrected chi connectivity index (χ4v) is 3.43. The van der Waals surface area contributed by atoms with Crippen molar-refractivity contribution < 1.29 is 24.6 Å². The molecule has 0 aliphatic carbocycles. The first kappa shape index (κ1) is 21.6. The topological polar surface area (TPSA) is 113 Å². The number of rotatable bonds is 8. The fourth-order valence-electron chi connectivity index (χ4n) is 3.43. The summed E-state index contributed by atoms with van der Waals surface area (Å²) in [6.45, 7) is 7.71. The number of hydrogen-bond acceptors (Lipinski definition) is 6. The van der Waals surface area contributed by atoms with Gasteiger partial charge < -0.3 is 20.8 Å². The Balaban J connectivity index is 2.34. The smallest absolute Gasteiger partial charge is 0.306 e. The summed E-state index contributed by atoms with van der Waals surface area (Å²) in [7, 11) is 0. The molecule has 144 valence electrons. The largest absolute Gasteiger partial charge is 0.462 e. The van der Waals surface area contributed by atoms with Crippen molar-refractivity contribution in [3.8, 4) is 0 Å². The predicted octanol–water partition coefficient (Wildman–Crippen LogP) is 1.90. The number of aliphatic hydroxyl groups is 1. The zero-order chi connectivity index (χ0) is 19.3. The van der Waals surface area contributed by atoms with Crippen LogP contribution in [0.15, 0.2) is 12.2 Å². The van der Waals surface area contributed by atoms with Gasteiger partial charge >= 0.3 is 5.97 Å². The van der Waals surface area contributed by atoms with Crippen LogP contribution < -0.4 is 5.73 Å². The summed E-state index contributed by atoms with van der Waals surface area (Å²) in [5, 5.41) is 21.2. The van der Waals surface area contributed by atoms with Gasteiger partial charge in [0.2, 0.25) is 5.91 Å². The molecule has 1 fully saturated rings. The van der Waals surface area contributed by atoms with Crippen molar-refractivity contribution in [3.05, 3.63) is 12.2 Å². The maximum absolute atomic E-state index is 12.0. The number of aliphatic hydroxyl groups excluding tert-OH is 1. The van der Waals surface area contributed by atoms with Crippen LogP contribution >= 0.6 is 0 Å². The molecule has 4 N–H and O–H groups in total. The van der Waals surface area contributed by atoms with Gasteiger partial charge in [-0.05, 0) is 47.0 Å². The minimum atomic E-state index is -0.737. The first-order valence-electron chi connectivity index (χ1n) is 8.78. The second kappa shape index (κ2) is 8.78. The number of nitrogens with two attached hydrogens (primary N) is 1. The van der Waals surface area contributed by atoms with Gasteiger partial charge in [-0.3, -0.25) is 9.59 Å².